The monoisotopic (exact) mass is 410 g/mol. The number of hydrogen-bond acceptors (Lipinski definition) is 5. The molecule has 0 amide bonds. The average Bonchev–Trinajstić information content (AvgIpc) is 3.35. The van der Waals surface area contributed by atoms with Crippen molar-refractivity contribution in [2.75, 3.05) is 0 Å². The van der Waals surface area contributed by atoms with Gasteiger partial charge in [0, 0.05) is 16.7 Å². The molecule has 5 aromatic rings. The highest BCUT2D eigenvalue weighted by Crippen LogP contribution is 2.29. The highest BCUT2D eigenvalue weighted by Gasteiger charge is 2.12. The molecule has 0 aliphatic rings. The zero-order chi connectivity index (χ0) is 19.1. The Hall–Kier alpha value is -3.16. The molecule has 3 aromatic heterocycles. The summed E-state index contributed by atoms with van der Waals surface area (Å²) >= 11 is 12.2. The number of hydrogen-bond donors (Lipinski definition) is 1. The Labute approximate surface area is 168 Å². The first-order chi connectivity index (χ1) is 13.7. The normalized spacial score (nSPS) is 11.4. The van der Waals surface area contributed by atoms with Crippen LogP contribution in [-0.2, 0) is 6.61 Å². The number of aromatic nitrogens is 6. The van der Waals surface area contributed by atoms with E-state index in [0.717, 1.165) is 16.5 Å². The van der Waals surface area contributed by atoms with Crippen molar-refractivity contribution in [2.24, 2.45) is 0 Å². The van der Waals surface area contributed by atoms with Gasteiger partial charge in [-0.3, -0.25) is 5.10 Å². The first-order valence-electron chi connectivity index (χ1n) is 8.39. The molecule has 0 unspecified atom stereocenters. The average molecular weight is 411 g/mol. The predicted molar refractivity (Wildman–Crippen MR) is 107 cm³/mol. The van der Waals surface area contributed by atoms with Crippen LogP contribution in [0.1, 0.15) is 5.56 Å². The molecule has 138 valence electrons. The Morgan fingerprint density at radius 3 is 2.96 bits per heavy atom. The topological polar surface area (TPSA) is 81.0 Å². The lowest BCUT2D eigenvalue weighted by molar-refractivity contribution is 0.306. The molecule has 5 rings (SSSR count). The number of rotatable bonds is 4. The van der Waals surface area contributed by atoms with E-state index in [2.05, 4.69) is 25.3 Å². The number of halogens is 2. The second kappa shape index (κ2) is 6.78. The van der Waals surface area contributed by atoms with Crippen molar-refractivity contribution in [1.29, 1.82) is 0 Å². The first kappa shape index (κ1) is 17.0. The Morgan fingerprint density at radius 2 is 2.04 bits per heavy atom. The van der Waals surface area contributed by atoms with E-state index in [0.29, 0.717) is 39.5 Å². The van der Waals surface area contributed by atoms with Gasteiger partial charge in [0.2, 0.25) is 0 Å². The zero-order valence-electron chi connectivity index (χ0n) is 14.3. The van der Waals surface area contributed by atoms with Gasteiger partial charge in [0.25, 0.3) is 0 Å². The molecule has 0 fully saturated rings. The van der Waals surface area contributed by atoms with Crippen LogP contribution >= 0.6 is 23.2 Å². The number of ether oxygens (including phenoxy) is 1. The molecule has 0 radical (unpaired) electrons. The summed E-state index contributed by atoms with van der Waals surface area (Å²) in [6, 6.07) is 13.0. The van der Waals surface area contributed by atoms with Crippen LogP contribution in [0.15, 0.2) is 55.0 Å². The van der Waals surface area contributed by atoms with Gasteiger partial charge in [-0.05, 0) is 23.8 Å². The maximum absolute atomic E-state index is 6.15. The van der Waals surface area contributed by atoms with Gasteiger partial charge in [0.05, 0.1) is 16.6 Å². The van der Waals surface area contributed by atoms with E-state index in [1.807, 2.05) is 24.3 Å². The summed E-state index contributed by atoms with van der Waals surface area (Å²) in [5.41, 5.74) is 3.20. The molecule has 3 heterocycles. The molecule has 0 bridgehead atoms. The summed E-state index contributed by atoms with van der Waals surface area (Å²) in [6.45, 7) is 0.342. The van der Waals surface area contributed by atoms with Crippen LogP contribution in [0.5, 0.6) is 5.75 Å². The summed E-state index contributed by atoms with van der Waals surface area (Å²) in [5.74, 6) is 1.14. The molecule has 0 saturated heterocycles. The van der Waals surface area contributed by atoms with E-state index < -0.39 is 0 Å². The van der Waals surface area contributed by atoms with Crippen molar-refractivity contribution in [2.45, 2.75) is 6.61 Å². The van der Waals surface area contributed by atoms with E-state index in [1.165, 1.54) is 0 Å². The molecule has 0 aliphatic heterocycles. The number of nitrogens with one attached hydrogen (secondary N) is 1. The van der Waals surface area contributed by atoms with Crippen LogP contribution in [-0.4, -0.2) is 29.8 Å². The molecule has 9 heteroatoms. The molecule has 2 aromatic carbocycles. The smallest absolute Gasteiger partial charge is 0.182 e. The van der Waals surface area contributed by atoms with E-state index >= 15 is 0 Å². The van der Waals surface area contributed by atoms with E-state index in [9.17, 15) is 0 Å². The molecule has 0 aliphatic carbocycles. The first-order valence-corrected chi connectivity index (χ1v) is 9.14. The molecule has 1 N–H and O–H groups in total. The van der Waals surface area contributed by atoms with Crippen LogP contribution in [0, 0.1) is 0 Å². The molecule has 7 nitrogen and oxygen atoms in total. The Kier molecular flexibility index (Phi) is 4.11. The van der Waals surface area contributed by atoms with Gasteiger partial charge >= 0.3 is 0 Å². The summed E-state index contributed by atoms with van der Waals surface area (Å²) in [6.07, 6.45) is 3.30. The maximum Gasteiger partial charge on any atom is 0.182 e. The van der Waals surface area contributed by atoms with Crippen molar-refractivity contribution in [3.8, 4) is 17.1 Å². The molecule has 0 saturated carbocycles. The van der Waals surface area contributed by atoms with Crippen molar-refractivity contribution in [3.63, 3.8) is 0 Å². The predicted octanol–water partition coefficient (Wildman–Crippen LogP) is 4.55. The Morgan fingerprint density at radius 1 is 1.11 bits per heavy atom. The third-order valence-corrected chi connectivity index (χ3v) is 4.81. The fourth-order valence-corrected chi connectivity index (χ4v) is 3.25. The largest absolute Gasteiger partial charge is 0.487 e. The SMILES string of the molecule is Clc1ccc(Cl)c(OCc2cccc(-c3nc4c5cn[nH]c5ncn4n3)c2)c1. The third-order valence-electron chi connectivity index (χ3n) is 4.26. The molecule has 0 atom stereocenters. The second-order valence-corrected chi connectivity index (χ2v) is 6.99. The lowest BCUT2D eigenvalue weighted by atomic mass is 10.1. The standard InChI is InChI=1S/C19H12Cl2N6O/c20-13-4-5-15(21)16(7-13)28-9-11-2-1-3-12(6-11)17-24-19-14-8-23-25-18(14)22-10-27(19)26-17/h1-8,10H,9H2,(H,23,25). The van der Waals surface area contributed by atoms with E-state index in [4.69, 9.17) is 27.9 Å². The number of aromatic amines is 1. The summed E-state index contributed by atoms with van der Waals surface area (Å²) in [5, 5.41) is 13.3. The third kappa shape index (κ3) is 3.04. The Bertz CT molecular complexity index is 1310. The van der Waals surface area contributed by atoms with Crippen LogP contribution in [0.4, 0.5) is 0 Å². The lowest BCUT2D eigenvalue weighted by Crippen LogP contribution is -1.96. The highest BCUT2D eigenvalue weighted by molar-refractivity contribution is 6.34. The molecular weight excluding hydrogens is 399 g/mol. The quantitative estimate of drug-likeness (QED) is 0.469. The van der Waals surface area contributed by atoms with Crippen molar-refractivity contribution in [3.05, 3.63) is 70.6 Å². The number of nitrogens with zero attached hydrogens (tertiary/aromatic N) is 5. The Balaban J connectivity index is 1.45. The highest BCUT2D eigenvalue weighted by atomic mass is 35.5. The fraction of sp³-hybridized carbons (Fsp3) is 0.0526. The van der Waals surface area contributed by atoms with Crippen molar-refractivity contribution >= 4 is 39.9 Å². The van der Waals surface area contributed by atoms with E-state index in [-0.39, 0.29) is 0 Å². The van der Waals surface area contributed by atoms with Gasteiger partial charge in [-0.2, -0.15) is 5.10 Å². The maximum atomic E-state index is 6.15. The number of H-pyrrole nitrogens is 1. The lowest BCUT2D eigenvalue weighted by Gasteiger charge is -2.09. The summed E-state index contributed by atoms with van der Waals surface area (Å²) in [4.78, 5) is 8.91. The molecular formula is C19H12Cl2N6O. The summed E-state index contributed by atoms with van der Waals surface area (Å²) < 4.78 is 7.46. The minimum Gasteiger partial charge on any atom is -0.487 e. The van der Waals surface area contributed by atoms with Gasteiger partial charge in [0.15, 0.2) is 17.1 Å². The van der Waals surface area contributed by atoms with Gasteiger partial charge < -0.3 is 4.74 Å². The van der Waals surface area contributed by atoms with E-state index in [1.54, 1.807) is 35.2 Å². The van der Waals surface area contributed by atoms with Crippen molar-refractivity contribution < 1.29 is 4.74 Å². The van der Waals surface area contributed by atoms with Gasteiger partial charge in [0.1, 0.15) is 18.7 Å². The van der Waals surface area contributed by atoms with Gasteiger partial charge in [-0.15, -0.1) is 5.10 Å². The van der Waals surface area contributed by atoms with Crippen LogP contribution in [0.3, 0.4) is 0 Å². The minimum atomic E-state index is 0.342. The van der Waals surface area contributed by atoms with Crippen molar-refractivity contribution in [1.82, 2.24) is 29.8 Å². The second-order valence-electron chi connectivity index (χ2n) is 6.14. The fourth-order valence-electron chi connectivity index (χ4n) is 2.91. The van der Waals surface area contributed by atoms with Crippen LogP contribution in [0.2, 0.25) is 10.0 Å². The van der Waals surface area contributed by atoms with Crippen LogP contribution in [0.25, 0.3) is 28.1 Å². The minimum absolute atomic E-state index is 0.342. The molecule has 28 heavy (non-hydrogen) atoms. The van der Waals surface area contributed by atoms with Gasteiger partial charge in [-0.1, -0.05) is 41.4 Å². The zero-order valence-corrected chi connectivity index (χ0v) is 15.8. The number of fused-ring (bicyclic) bond motifs is 3. The van der Waals surface area contributed by atoms with Crippen LogP contribution < -0.4 is 4.74 Å². The van der Waals surface area contributed by atoms with Gasteiger partial charge in [-0.25, -0.2) is 14.5 Å². The molecule has 0 spiro atoms. The number of benzene rings is 2. The summed E-state index contributed by atoms with van der Waals surface area (Å²) in [7, 11) is 0.